The number of hydrogen-bond acceptors (Lipinski definition) is 4. The Labute approximate surface area is 172 Å². The molecule has 7 nitrogen and oxygen atoms in total. The molecule has 1 aromatic carbocycles. The smallest absolute Gasteiger partial charge is 0.253 e. The summed E-state index contributed by atoms with van der Waals surface area (Å²) in [6.07, 6.45) is 2.07. The fourth-order valence-electron chi connectivity index (χ4n) is 2.88. The van der Waals surface area contributed by atoms with Gasteiger partial charge in [-0.05, 0) is 48.9 Å². The zero-order chi connectivity index (χ0) is 20.0. The second kappa shape index (κ2) is 11.0. The molecule has 0 saturated carbocycles. The lowest BCUT2D eigenvalue weighted by Gasteiger charge is -2.30. The number of carbonyl (C=O) groups excluding carboxylic acids is 3. The highest BCUT2D eigenvalue weighted by Gasteiger charge is 2.21. The third-order valence-electron chi connectivity index (χ3n) is 4.93. The molecule has 0 radical (unpaired) electrons. The van der Waals surface area contributed by atoms with E-state index in [1.54, 1.807) is 24.3 Å². The number of nitrogens with two attached hydrogens (primary N) is 1. The van der Waals surface area contributed by atoms with E-state index in [2.05, 4.69) is 17.6 Å². The van der Waals surface area contributed by atoms with Crippen molar-refractivity contribution in [2.45, 2.75) is 39.7 Å². The maximum Gasteiger partial charge on any atom is 0.253 e. The lowest BCUT2D eigenvalue weighted by molar-refractivity contribution is -0.125. The summed E-state index contributed by atoms with van der Waals surface area (Å²) in [6.45, 7) is 7.33. The monoisotopic (exact) mass is 410 g/mol. The highest BCUT2D eigenvalue weighted by Crippen LogP contribution is 2.19. The second-order valence-electron chi connectivity index (χ2n) is 7.59. The van der Waals surface area contributed by atoms with Crippen LogP contribution in [-0.2, 0) is 9.59 Å². The molecule has 1 atom stereocenters. The van der Waals surface area contributed by atoms with Gasteiger partial charge in [0.1, 0.15) is 0 Å². The number of hydrogen-bond donors (Lipinski definition) is 3. The molecule has 1 fully saturated rings. The van der Waals surface area contributed by atoms with E-state index in [1.165, 1.54) is 0 Å². The van der Waals surface area contributed by atoms with Crippen molar-refractivity contribution in [1.29, 1.82) is 0 Å². The van der Waals surface area contributed by atoms with Crippen LogP contribution in [0.4, 0.5) is 5.69 Å². The van der Waals surface area contributed by atoms with Crippen molar-refractivity contribution < 1.29 is 14.4 Å². The number of amides is 3. The molecule has 0 spiro atoms. The quantitative estimate of drug-likeness (QED) is 0.667. The summed E-state index contributed by atoms with van der Waals surface area (Å²) in [5.41, 5.74) is 6.92. The highest BCUT2D eigenvalue weighted by molar-refractivity contribution is 5.97. The molecule has 28 heavy (non-hydrogen) atoms. The maximum atomic E-state index is 12.5. The largest absolute Gasteiger partial charge is 0.346 e. The molecule has 3 amide bonds. The number of piperidine rings is 1. The number of benzene rings is 1. The van der Waals surface area contributed by atoms with Crippen molar-refractivity contribution in [2.75, 3.05) is 25.0 Å². The van der Waals surface area contributed by atoms with Gasteiger partial charge in [0, 0.05) is 24.3 Å². The number of likely N-dealkylation sites (tertiary alicyclic amines) is 1. The van der Waals surface area contributed by atoms with Gasteiger partial charge in [-0.15, -0.1) is 12.4 Å². The highest BCUT2D eigenvalue weighted by atomic mass is 35.5. The number of halogens is 1. The lowest BCUT2D eigenvalue weighted by atomic mass is 9.98. The van der Waals surface area contributed by atoms with E-state index in [-0.39, 0.29) is 42.6 Å². The van der Waals surface area contributed by atoms with Crippen LogP contribution in [0.1, 0.15) is 44.0 Å². The van der Waals surface area contributed by atoms with E-state index in [0.717, 1.165) is 25.9 Å². The van der Waals surface area contributed by atoms with Crippen LogP contribution in [0.15, 0.2) is 24.3 Å². The molecule has 0 aliphatic carbocycles. The van der Waals surface area contributed by atoms with Crippen molar-refractivity contribution in [3.63, 3.8) is 0 Å². The number of anilines is 1. The average Bonchev–Trinajstić information content (AvgIpc) is 2.66. The number of rotatable bonds is 6. The van der Waals surface area contributed by atoms with Crippen molar-refractivity contribution in [2.24, 2.45) is 17.6 Å². The van der Waals surface area contributed by atoms with Crippen LogP contribution >= 0.6 is 12.4 Å². The summed E-state index contributed by atoms with van der Waals surface area (Å²) < 4.78 is 0. The first-order valence-electron chi connectivity index (χ1n) is 9.50. The molecule has 156 valence electrons. The number of carbonyl (C=O) groups is 3. The summed E-state index contributed by atoms with van der Waals surface area (Å²) in [5, 5.41) is 5.22. The van der Waals surface area contributed by atoms with Crippen molar-refractivity contribution in [3.8, 4) is 0 Å². The van der Waals surface area contributed by atoms with Gasteiger partial charge in [0.05, 0.1) is 12.6 Å². The fraction of sp³-hybridized carbons (Fsp3) is 0.550. The Morgan fingerprint density at radius 2 is 1.71 bits per heavy atom. The van der Waals surface area contributed by atoms with Gasteiger partial charge in [0.25, 0.3) is 5.91 Å². The minimum atomic E-state index is -0.638. The Morgan fingerprint density at radius 1 is 1.14 bits per heavy atom. The van der Waals surface area contributed by atoms with Gasteiger partial charge in [-0.1, -0.05) is 20.8 Å². The van der Waals surface area contributed by atoms with Crippen LogP contribution in [0.5, 0.6) is 0 Å². The molecule has 0 aromatic heterocycles. The minimum Gasteiger partial charge on any atom is -0.346 e. The average molecular weight is 411 g/mol. The van der Waals surface area contributed by atoms with E-state index in [9.17, 15) is 14.4 Å². The van der Waals surface area contributed by atoms with Crippen LogP contribution in [0.3, 0.4) is 0 Å². The predicted molar refractivity (Wildman–Crippen MR) is 112 cm³/mol. The SMILES string of the molecule is CC1CCN(C(=O)c2ccc(NC(=O)CNC(=O)[C@@H](N)C(C)C)cc2)CC1.Cl. The van der Waals surface area contributed by atoms with Crippen LogP contribution in [-0.4, -0.2) is 48.3 Å². The Kier molecular flexibility index (Phi) is 9.41. The van der Waals surface area contributed by atoms with Gasteiger partial charge < -0.3 is 21.3 Å². The molecule has 1 saturated heterocycles. The molecule has 8 heteroatoms. The normalized spacial score (nSPS) is 15.5. The Bertz CT molecular complexity index is 671. The van der Waals surface area contributed by atoms with Gasteiger partial charge in [-0.3, -0.25) is 14.4 Å². The molecule has 0 unspecified atom stereocenters. The van der Waals surface area contributed by atoms with E-state index >= 15 is 0 Å². The van der Waals surface area contributed by atoms with Crippen LogP contribution in [0.25, 0.3) is 0 Å². The van der Waals surface area contributed by atoms with E-state index < -0.39 is 6.04 Å². The molecular weight excluding hydrogens is 380 g/mol. The van der Waals surface area contributed by atoms with Crippen molar-refractivity contribution in [3.05, 3.63) is 29.8 Å². The van der Waals surface area contributed by atoms with Crippen molar-refractivity contribution >= 4 is 35.8 Å². The van der Waals surface area contributed by atoms with Gasteiger partial charge in [-0.2, -0.15) is 0 Å². The summed E-state index contributed by atoms with van der Waals surface area (Å²) in [7, 11) is 0. The molecule has 1 heterocycles. The zero-order valence-corrected chi connectivity index (χ0v) is 17.6. The molecule has 4 N–H and O–H groups in total. The molecule has 2 rings (SSSR count). The summed E-state index contributed by atoms with van der Waals surface area (Å²) >= 11 is 0. The maximum absolute atomic E-state index is 12.5. The van der Waals surface area contributed by atoms with Gasteiger partial charge in [0.15, 0.2) is 0 Å². The lowest BCUT2D eigenvalue weighted by Crippen LogP contribution is -2.46. The third kappa shape index (κ3) is 6.80. The molecule has 0 bridgehead atoms. The zero-order valence-electron chi connectivity index (χ0n) is 16.7. The molecule has 1 aromatic rings. The van der Waals surface area contributed by atoms with E-state index in [4.69, 9.17) is 5.73 Å². The van der Waals surface area contributed by atoms with E-state index in [1.807, 2.05) is 18.7 Å². The predicted octanol–water partition coefficient (Wildman–Crippen LogP) is 2.02. The second-order valence-corrected chi connectivity index (χ2v) is 7.59. The van der Waals surface area contributed by atoms with Crippen LogP contribution in [0.2, 0.25) is 0 Å². The number of nitrogens with one attached hydrogen (secondary N) is 2. The Morgan fingerprint density at radius 3 is 2.25 bits per heavy atom. The molecular formula is C20H31ClN4O3. The van der Waals surface area contributed by atoms with Gasteiger partial charge in [-0.25, -0.2) is 0 Å². The third-order valence-corrected chi connectivity index (χ3v) is 4.93. The van der Waals surface area contributed by atoms with Crippen LogP contribution < -0.4 is 16.4 Å². The van der Waals surface area contributed by atoms with E-state index in [0.29, 0.717) is 17.2 Å². The topological polar surface area (TPSA) is 105 Å². The molecule has 1 aliphatic rings. The fourth-order valence-corrected chi connectivity index (χ4v) is 2.88. The van der Waals surface area contributed by atoms with Crippen LogP contribution in [0, 0.1) is 11.8 Å². The number of nitrogens with zero attached hydrogens (tertiary/aromatic N) is 1. The summed E-state index contributed by atoms with van der Waals surface area (Å²) in [5.74, 6) is -0.00136. The first-order chi connectivity index (χ1) is 12.8. The minimum absolute atomic E-state index is 0. The summed E-state index contributed by atoms with van der Waals surface area (Å²) in [4.78, 5) is 38.1. The van der Waals surface area contributed by atoms with Crippen molar-refractivity contribution in [1.82, 2.24) is 10.2 Å². The van der Waals surface area contributed by atoms with Gasteiger partial charge in [0.2, 0.25) is 11.8 Å². The first-order valence-corrected chi connectivity index (χ1v) is 9.50. The van der Waals surface area contributed by atoms with Gasteiger partial charge >= 0.3 is 0 Å². The standard InChI is InChI=1S/C20H30N4O3.ClH/c1-13(2)18(21)19(26)22-12-17(25)23-16-6-4-15(5-7-16)20(27)24-10-8-14(3)9-11-24;/h4-7,13-14,18H,8-12,21H2,1-3H3,(H,22,26)(H,23,25);1H/t18-;/m0./s1. The summed E-state index contributed by atoms with van der Waals surface area (Å²) in [6, 6.07) is 6.17. The first kappa shape index (κ1) is 23.9. The Hall–Kier alpha value is -2.12. The molecule has 1 aliphatic heterocycles. The Balaban J connectivity index is 0.00000392.